The topological polar surface area (TPSA) is 69.3 Å². The maximum Gasteiger partial charge on any atom is 0.410 e. The Balaban J connectivity index is 3.28. The van der Waals surface area contributed by atoms with E-state index in [1.54, 1.807) is 11.0 Å². The summed E-state index contributed by atoms with van der Waals surface area (Å²) in [7, 11) is -4.07. The van der Waals surface area contributed by atoms with E-state index in [2.05, 4.69) is 79.8 Å². The third kappa shape index (κ3) is 9.59. The second-order valence-electron chi connectivity index (χ2n) is 13.8. The monoisotopic (exact) mass is 530 g/mol. The molecule has 0 radical (unpaired) electrons. The van der Waals surface area contributed by atoms with Crippen LogP contribution in [0, 0.1) is 0 Å². The van der Waals surface area contributed by atoms with Gasteiger partial charge in [0.05, 0.1) is 31.4 Å². The summed E-state index contributed by atoms with van der Waals surface area (Å²) in [5.74, 6) is 0. The molecule has 0 aromatic carbocycles. The number of hydrogen-bond acceptors (Lipinski definition) is 6. The Hall–Kier alpha value is -0.716. The van der Waals surface area contributed by atoms with Gasteiger partial charge in [0.2, 0.25) is 0 Å². The molecule has 7 nitrogen and oxygen atoms in total. The van der Waals surface area contributed by atoms with Crippen molar-refractivity contribution in [3.8, 4) is 0 Å². The molecule has 1 unspecified atom stereocenters. The normalized spacial score (nSPS) is 22.8. The van der Waals surface area contributed by atoms with Crippen molar-refractivity contribution in [2.24, 2.45) is 0 Å². The highest BCUT2D eigenvalue weighted by atomic mass is 28.4. The van der Waals surface area contributed by atoms with E-state index in [1.807, 2.05) is 20.8 Å². The number of hydroxylamine groups is 1. The molecule has 1 heterocycles. The minimum Gasteiger partial charge on any atom is -0.444 e. The summed E-state index contributed by atoms with van der Waals surface area (Å²) < 4.78 is 19.3. The number of piperidine rings is 1. The molecule has 1 N–H and O–H groups in total. The van der Waals surface area contributed by atoms with Crippen molar-refractivity contribution < 1.29 is 23.2 Å². The third-order valence-electron chi connectivity index (χ3n) is 7.55. The Labute approximate surface area is 217 Å². The van der Waals surface area contributed by atoms with Gasteiger partial charge in [0.25, 0.3) is 0 Å². The van der Waals surface area contributed by atoms with Crippen LogP contribution in [0.3, 0.4) is 0 Å². The summed E-state index contributed by atoms with van der Waals surface area (Å²) in [4.78, 5) is 20.8. The maximum absolute atomic E-state index is 13.3. The first kappa shape index (κ1) is 32.3. The summed E-state index contributed by atoms with van der Waals surface area (Å²) in [5.41, 5.74) is 2.57. The fourth-order valence-electron chi connectivity index (χ4n) is 3.27. The highest BCUT2D eigenvalue weighted by Crippen LogP contribution is 2.40. The lowest BCUT2D eigenvalue weighted by molar-refractivity contribution is -0.0652. The molecular weight excluding hydrogens is 476 g/mol. The number of nitrogens with zero attached hydrogens (tertiary/aromatic N) is 1. The van der Waals surface area contributed by atoms with Crippen LogP contribution in [0.2, 0.25) is 36.3 Å². The molecule has 1 fully saturated rings. The van der Waals surface area contributed by atoms with Crippen LogP contribution in [0.25, 0.3) is 0 Å². The lowest BCUT2D eigenvalue weighted by Crippen LogP contribution is -2.63. The van der Waals surface area contributed by atoms with E-state index in [1.165, 1.54) is 0 Å². The van der Waals surface area contributed by atoms with Crippen molar-refractivity contribution in [2.45, 2.75) is 129 Å². The lowest BCUT2D eigenvalue weighted by Gasteiger charge is -2.48. The molecule has 0 aromatic heterocycles. The summed E-state index contributed by atoms with van der Waals surface area (Å²) >= 11 is 0. The Kier molecular flexibility index (Phi) is 10.9. The Morgan fingerprint density at radius 3 is 2.00 bits per heavy atom. The molecule has 1 saturated heterocycles. The molecule has 1 rings (SSSR count). The van der Waals surface area contributed by atoms with Gasteiger partial charge in [0, 0.05) is 6.54 Å². The molecular formula is C26H54N2O5Si2. The second kappa shape index (κ2) is 11.8. The average molecular weight is 531 g/mol. The van der Waals surface area contributed by atoms with Crippen molar-refractivity contribution in [1.29, 1.82) is 0 Å². The number of carbonyl (C=O) groups excluding carboxylic acids is 1. The first-order chi connectivity index (χ1) is 15.6. The molecule has 0 aromatic rings. The number of likely N-dealkylation sites (tertiary alicyclic amines) is 1. The van der Waals surface area contributed by atoms with Crippen LogP contribution in [0.1, 0.15) is 68.7 Å². The standard InChI is InChI=1S/C26H54N2O5Si2/c1-15-16-30-27-21-18-28(23(29)32-24(2,3)4)20(19-31-34(11,12)25(5,6)7)17-22(21)33-35(13,14)26(8,9)10/h15,20-22,27H,1,16-19H2,2-14H3/t20-,21-,22?/m0/s1. The smallest absolute Gasteiger partial charge is 0.410 e. The van der Waals surface area contributed by atoms with E-state index in [0.29, 0.717) is 26.2 Å². The Morgan fingerprint density at radius 2 is 1.54 bits per heavy atom. The van der Waals surface area contributed by atoms with Gasteiger partial charge in [-0.05, 0) is 63.5 Å². The van der Waals surface area contributed by atoms with Crippen molar-refractivity contribution in [1.82, 2.24) is 10.4 Å². The lowest BCUT2D eigenvalue weighted by atomic mass is 9.96. The third-order valence-corrected chi connectivity index (χ3v) is 16.6. The second-order valence-corrected chi connectivity index (χ2v) is 23.4. The number of amides is 1. The molecule has 1 amide bonds. The fraction of sp³-hybridized carbons (Fsp3) is 0.885. The van der Waals surface area contributed by atoms with E-state index >= 15 is 0 Å². The van der Waals surface area contributed by atoms with Gasteiger partial charge < -0.3 is 18.5 Å². The number of carbonyl (C=O) groups is 1. The zero-order valence-electron chi connectivity index (χ0n) is 24.8. The van der Waals surface area contributed by atoms with Crippen LogP contribution in [0.5, 0.6) is 0 Å². The van der Waals surface area contributed by atoms with E-state index in [4.69, 9.17) is 18.4 Å². The van der Waals surface area contributed by atoms with Crippen LogP contribution in [0.4, 0.5) is 4.79 Å². The number of nitrogens with one attached hydrogen (secondary N) is 1. The van der Waals surface area contributed by atoms with Gasteiger partial charge in [-0.15, -0.1) is 6.58 Å². The minimum absolute atomic E-state index is 0.0644. The summed E-state index contributed by atoms with van der Waals surface area (Å²) in [5, 5.41) is 0.146. The van der Waals surface area contributed by atoms with E-state index in [0.717, 1.165) is 0 Å². The quantitative estimate of drug-likeness (QED) is 0.159. The van der Waals surface area contributed by atoms with E-state index in [9.17, 15) is 4.79 Å². The summed E-state index contributed by atoms with van der Waals surface area (Å²) in [6.07, 6.45) is 1.89. The fourth-order valence-corrected chi connectivity index (χ4v) is 5.69. The zero-order chi connectivity index (χ0) is 27.5. The largest absolute Gasteiger partial charge is 0.444 e. The number of rotatable bonds is 9. The summed E-state index contributed by atoms with van der Waals surface area (Å²) in [6.45, 7) is 33.1. The number of ether oxygens (including phenoxy) is 1. The molecule has 1 aliphatic heterocycles. The Morgan fingerprint density at radius 1 is 1.00 bits per heavy atom. The molecule has 206 valence electrons. The van der Waals surface area contributed by atoms with Gasteiger partial charge in [0.15, 0.2) is 16.6 Å². The van der Waals surface area contributed by atoms with Gasteiger partial charge in [-0.25, -0.2) is 4.79 Å². The molecule has 35 heavy (non-hydrogen) atoms. The van der Waals surface area contributed by atoms with E-state index < -0.39 is 22.2 Å². The molecule has 0 bridgehead atoms. The SMILES string of the molecule is C=CCON[C@H]1CN(C(=O)OC(C)(C)C)[C@H](CO[Si](C)(C)C(C)(C)C)CC1O[Si](C)(C)C(C)(C)C. The first-order valence-corrected chi connectivity index (χ1v) is 18.7. The van der Waals surface area contributed by atoms with Gasteiger partial charge >= 0.3 is 6.09 Å². The predicted octanol–water partition coefficient (Wildman–Crippen LogP) is 6.48. The Bertz CT molecular complexity index is 708. The predicted molar refractivity (Wildman–Crippen MR) is 150 cm³/mol. The molecule has 0 saturated carbocycles. The van der Waals surface area contributed by atoms with Crippen LogP contribution in [-0.2, 0) is 18.4 Å². The van der Waals surface area contributed by atoms with Crippen LogP contribution in [-0.4, -0.2) is 71.2 Å². The first-order valence-electron chi connectivity index (χ1n) is 12.9. The van der Waals surface area contributed by atoms with Crippen molar-refractivity contribution in [3.05, 3.63) is 12.7 Å². The highest BCUT2D eigenvalue weighted by molar-refractivity contribution is 6.74. The van der Waals surface area contributed by atoms with Crippen LogP contribution >= 0.6 is 0 Å². The van der Waals surface area contributed by atoms with Crippen LogP contribution < -0.4 is 5.48 Å². The summed E-state index contributed by atoms with van der Waals surface area (Å²) in [6, 6.07) is -0.341. The van der Waals surface area contributed by atoms with Crippen LogP contribution in [0.15, 0.2) is 12.7 Å². The van der Waals surface area contributed by atoms with Gasteiger partial charge in [0.1, 0.15) is 5.60 Å². The molecule has 1 aliphatic rings. The van der Waals surface area contributed by atoms with Gasteiger partial charge in [-0.2, -0.15) is 5.48 Å². The minimum atomic E-state index is -2.07. The van der Waals surface area contributed by atoms with Crippen molar-refractivity contribution >= 4 is 22.7 Å². The number of hydrogen-bond donors (Lipinski definition) is 1. The highest BCUT2D eigenvalue weighted by Gasteiger charge is 2.47. The average Bonchev–Trinajstić information content (AvgIpc) is 2.64. The van der Waals surface area contributed by atoms with E-state index in [-0.39, 0.29) is 34.4 Å². The molecule has 0 spiro atoms. The van der Waals surface area contributed by atoms with Gasteiger partial charge in [-0.3, -0.25) is 4.84 Å². The molecule has 3 atom stereocenters. The molecule has 0 aliphatic carbocycles. The molecule has 9 heteroatoms. The van der Waals surface area contributed by atoms with Crippen molar-refractivity contribution in [2.75, 3.05) is 19.8 Å². The maximum atomic E-state index is 13.3. The van der Waals surface area contributed by atoms with Gasteiger partial charge in [-0.1, -0.05) is 47.6 Å². The van der Waals surface area contributed by atoms with Crippen molar-refractivity contribution in [3.63, 3.8) is 0 Å². The zero-order valence-corrected chi connectivity index (χ0v) is 26.8.